The summed E-state index contributed by atoms with van der Waals surface area (Å²) >= 11 is 8.91. The maximum absolute atomic E-state index is 14.1. The lowest BCUT2D eigenvalue weighted by molar-refractivity contribution is -0.140. The molecular formula is C23H15ClF3IN2O3S. The maximum atomic E-state index is 14.1. The van der Waals surface area contributed by atoms with E-state index in [1.165, 1.54) is 31.2 Å². The second-order valence-corrected chi connectivity index (χ2v) is 9.86. The number of ether oxygens (including phenoxy) is 1. The average molecular weight is 619 g/mol. The largest absolute Gasteiger partial charge is 0.463 e. The third-order valence-corrected chi connectivity index (χ3v) is 6.83. The molecule has 0 radical (unpaired) electrons. The molecular weight excluding hydrogens is 604 g/mol. The lowest BCUT2D eigenvalue weighted by Crippen LogP contribution is -2.41. The van der Waals surface area contributed by atoms with E-state index < -0.39 is 35.0 Å². The smallest absolute Gasteiger partial charge is 0.434 e. The molecule has 4 rings (SSSR count). The van der Waals surface area contributed by atoms with E-state index in [4.69, 9.17) is 16.3 Å². The monoisotopic (exact) mass is 618 g/mol. The first-order valence-corrected chi connectivity index (χ1v) is 12.2. The summed E-state index contributed by atoms with van der Waals surface area (Å²) < 4.78 is 49.4. The highest BCUT2D eigenvalue weighted by Gasteiger charge is 2.45. The quantitative estimate of drug-likeness (QED) is 0.317. The van der Waals surface area contributed by atoms with Crippen molar-refractivity contribution < 1.29 is 22.7 Å². The van der Waals surface area contributed by atoms with Gasteiger partial charge in [0.25, 0.3) is 5.56 Å². The highest BCUT2D eigenvalue weighted by Crippen LogP contribution is 2.38. The molecule has 0 unspecified atom stereocenters. The number of hydrogen-bond donors (Lipinski definition) is 0. The van der Waals surface area contributed by atoms with E-state index in [1.807, 2.05) is 18.2 Å². The summed E-state index contributed by atoms with van der Waals surface area (Å²) in [6.07, 6.45) is -3.36. The van der Waals surface area contributed by atoms with Gasteiger partial charge < -0.3 is 4.74 Å². The number of nitrogens with zero attached hydrogens (tertiary/aromatic N) is 2. The van der Waals surface area contributed by atoms with Gasteiger partial charge >= 0.3 is 12.1 Å². The average Bonchev–Trinajstić information content (AvgIpc) is 3.08. The summed E-state index contributed by atoms with van der Waals surface area (Å²) in [6, 6.07) is 11.8. The van der Waals surface area contributed by atoms with Crippen LogP contribution >= 0.6 is 45.5 Å². The Balaban J connectivity index is 2.05. The molecule has 11 heteroatoms. The molecule has 0 saturated carbocycles. The standard InChI is InChI=1S/C23H15ClF3IN2O3S/c1-2-33-21(32)17-18(13-6-8-14(24)9-7-13)30-20(31)16(11-12-4-3-5-15(28)10-12)34-22(30)29-19(17)23(25,26)27/h3-11,18H,2H2,1H3/b16-11+/t18-/m0/s1. The van der Waals surface area contributed by atoms with E-state index in [0.29, 0.717) is 10.6 Å². The summed E-state index contributed by atoms with van der Waals surface area (Å²) in [5, 5.41) is 0.354. The Morgan fingerprint density at radius 2 is 1.97 bits per heavy atom. The van der Waals surface area contributed by atoms with E-state index in [1.54, 1.807) is 12.1 Å². The molecule has 3 aromatic rings. The predicted molar refractivity (Wildman–Crippen MR) is 131 cm³/mol. The van der Waals surface area contributed by atoms with Gasteiger partial charge in [0.1, 0.15) is 0 Å². The van der Waals surface area contributed by atoms with E-state index in [9.17, 15) is 22.8 Å². The highest BCUT2D eigenvalue weighted by atomic mass is 127. The number of carbonyl (C=O) groups excluding carboxylic acids is 1. The Hall–Kier alpha value is -2.44. The molecule has 0 N–H and O–H groups in total. The van der Waals surface area contributed by atoms with Crippen LogP contribution < -0.4 is 14.9 Å². The fourth-order valence-electron chi connectivity index (χ4n) is 3.55. The Morgan fingerprint density at radius 1 is 1.26 bits per heavy atom. The molecule has 34 heavy (non-hydrogen) atoms. The van der Waals surface area contributed by atoms with Crippen LogP contribution in [0.5, 0.6) is 0 Å². The number of carbonyl (C=O) groups is 1. The van der Waals surface area contributed by atoms with E-state index in [-0.39, 0.29) is 21.5 Å². The van der Waals surface area contributed by atoms with Crippen LogP contribution in [0.2, 0.25) is 5.02 Å². The van der Waals surface area contributed by atoms with Crippen LogP contribution in [-0.2, 0) is 9.53 Å². The zero-order chi connectivity index (χ0) is 24.6. The van der Waals surface area contributed by atoms with Crippen molar-refractivity contribution >= 4 is 57.6 Å². The molecule has 0 amide bonds. The summed E-state index contributed by atoms with van der Waals surface area (Å²) in [5.74, 6) is -1.19. The number of alkyl halides is 3. The molecule has 1 atom stereocenters. The molecule has 1 aliphatic rings. The van der Waals surface area contributed by atoms with Gasteiger partial charge in [0.15, 0.2) is 10.5 Å². The van der Waals surface area contributed by atoms with Crippen LogP contribution in [0.1, 0.15) is 24.1 Å². The molecule has 1 aliphatic heterocycles. The first kappa shape index (κ1) is 24.7. The molecule has 5 nitrogen and oxygen atoms in total. The van der Waals surface area contributed by atoms with Crippen LogP contribution in [0.3, 0.4) is 0 Å². The van der Waals surface area contributed by atoms with Crippen LogP contribution in [0.15, 0.2) is 69.6 Å². The SMILES string of the molecule is CCOC(=O)C1=C(C(F)(F)F)N=c2s/c(=C/c3cccc(I)c3)c(=O)n2[C@H]1c1ccc(Cl)cc1. The summed E-state index contributed by atoms with van der Waals surface area (Å²) in [4.78, 5) is 29.8. The van der Waals surface area contributed by atoms with Gasteiger partial charge in [-0.1, -0.05) is 47.2 Å². The number of benzene rings is 2. The van der Waals surface area contributed by atoms with Gasteiger partial charge in [-0.25, -0.2) is 9.79 Å². The summed E-state index contributed by atoms with van der Waals surface area (Å²) in [7, 11) is 0. The van der Waals surface area contributed by atoms with Gasteiger partial charge in [0, 0.05) is 8.59 Å². The van der Waals surface area contributed by atoms with Crippen LogP contribution in [0, 0.1) is 3.57 Å². The number of esters is 1. The van der Waals surface area contributed by atoms with Crippen LogP contribution in [-0.4, -0.2) is 23.3 Å². The number of thiazole rings is 1. The zero-order valence-electron chi connectivity index (χ0n) is 17.4. The number of aromatic nitrogens is 1. The molecule has 0 saturated heterocycles. The van der Waals surface area contributed by atoms with Gasteiger partial charge in [0.05, 0.1) is 22.8 Å². The first-order chi connectivity index (χ1) is 16.1. The van der Waals surface area contributed by atoms with Crippen molar-refractivity contribution in [2.24, 2.45) is 4.99 Å². The summed E-state index contributed by atoms with van der Waals surface area (Å²) in [5.41, 5.74) is -1.71. The van der Waals surface area contributed by atoms with E-state index in [0.717, 1.165) is 19.5 Å². The second kappa shape index (κ2) is 9.67. The fourth-order valence-corrected chi connectivity index (χ4v) is 5.24. The molecule has 2 heterocycles. The van der Waals surface area contributed by atoms with Crippen molar-refractivity contribution in [1.29, 1.82) is 0 Å². The van der Waals surface area contributed by atoms with Gasteiger partial charge in [-0.3, -0.25) is 9.36 Å². The minimum Gasteiger partial charge on any atom is -0.463 e. The lowest BCUT2D eigenvalue weighted by Gasteiger charge is -2.26. The minimum absolute atomic E-state index is 0.141. The van der Waals surface area contributed by atoms with Crippen molar-refractivity contribution in [3.8, 4) is 0 Å². The van der Waals surface area contributed by atoms with E-state index in [2.05, 4.69) is 27.6 Å². The van der Waals surface area contributed by atoms with Gasteiger partial charge in [0.2, 0.25) is 0 Å². The fraction of sp³-hybridized carbons (Fsp3) is 0.174. The molecule has 176 valence electrons. The molecule has 0 spiro atoms. The third kappa shape index (κ3) is 4.84. The van der Waals surface area contributed by atoms with Crippen LogP contribution in [0.4, 0.5) is 13.2 Å². The molecule has 0 fully saturated rings. The van der Waals surface area contributed by atoms with Gasteiger partial charge in [-0.15, -0.1) is 0 Å². The van der Waals surface area contributed by atoms with Crippen molar-refractivity contribution in [1.82, 2.24) is 4.57 Å². The molecule has 0 bridgehead atoms. The van der Waals surface area contributed by atoms with Crippen molar-refractivity contribution in [2.75, 3.05) is 6.61 Å². The number of fused-ring (bicyclic) bond motifs is 1. The molecule has 2 aromatic carbocycles. The number of rotatable bonds is 4. The highest BCUT2D eigenvalue weighted by molar-refractivity contribution is 14.1. The number of hydrogen-bond acceptors (Lipinski definition) is 5. The van der Waals surface area contributed by atoms with Crippen molar-refractivity contribution in [3.63, 3.8) is 0 Å². The third-order valence-electron chi connectivity index (χ3n) is 4.93. The maximum Gasteiger partial charge on any atom is 0.434 e. The Labute approximate surface area is 214 Å². The molecule has 1 aromatic heterocycles. The minimum atomic E-state index is -4.95. The topological polar surface area (TPSA) is 60.7 Å². The van der Waals surface area contributed by atoms with Crippen molar-refractivity contribution in [2.45, 2.75) is 19.1 Å². The summed E-state index contributed by atoms with van der Waals surface area (Å²) in [6.45, 7) is 1.34. The Bertz CT molecular complexity index is 1480. The lowest BCUT2D eigenvalue weighted by atomic mass is 9.95. The van der Waals surface area contributed by atoms with Gasteiger partial charge in [-0.2, -0.15) is 13.2 Å². The normalized spacial score (nSPS) is 16.3. The number of halogens is 5. The first-order valence-electron chi connectivity index (χ1n) is 9.91. The Morgan fingerprint density at radius 3 is 2.59 bits per heavy atom. The van der Waals surface area contributed by atoms with Crippen molar-refractivity contribution in [3.05, 3.63) is 99.2 Å². The second-order valence-electron chi connectivity index (χ2n) is 7.17. The van der Waals surface area contributed by atoms with Crippen LogP contribution in [0.25, 0.3) is 6.08 Å². The predicted octanol–water partition coefficient (Wildman–Crippen LogP) is 4.60. The zero-order valence-corrected chi connectivity index (χ0v) is 21.1. The number of allylic oxidation sites excluding steroid dienone is 1. The van der Waals surface area contributed by atoms with Gasteiger partial charge in [-0.05, 0) is 71.0 Å². The Kier molecular flexibility index (Phi) is 7.02. The van der Waals surface area contributed by atoms with E-state index >= 15 is 0 Å². The molecule has 0 aliphatic carbocycles.